The zero-order chi connectivity index (χ0) is 13.0. The summed E-state index contributed by atoms with van der Waals surface area (Å²) < 4.78 is 0. The number of aryl methyl sites for hydroxylation is 1. The number of nitrogens with one attached hydrogen (secondary N) is 1. The van der Waals surface area contributed by atoms with Gasteiger partial charge < -0.3 is 11.1 Å². The van der Waals surface area contributed by atoms with E-state index >= 15 is 0 Å². The number of rotatable bonds is 4. The highest BCUT2D eigenvalue weighted by atomic mass is 16.1. The molecule has 1 aromatic rings. The average Bonchev–Trinajstić information content (AvgIpc) is 2.75. The van der Waals surface area contributed by atoms with Crippen molar-refractivity contribution in [2.24, 2.45) is 5.73 Å². The van der Waals surface area contributed by atoms with Gasteiger partial charge in [0.1, 0.15) is 0 Å². The Morgan fingerprint density at radius 1 is 1.28 bits per heavy atom. The highest BCUT2D eigenvalue weighted by Gasteiger charge is 2.31. The molecule has 0 atom stereocenters. The molecule has 18 heavy (non-hydrogen) atoms. The first-order chi connectivity index (χ1) is 8.57. The summed E-state index contributed by atoms with van der Waals surface area (Å²) in [4.78, 5) is 11.9. The number of amides is 1. The highest BCUT2D eigenvalue weighted by molar-refractivity contribution is 5.77. The summed E-state index contributed by atoms with van der Waals surface area (Å²) in [5, 5.41) is 2.95. The third kappa shape index (κ3) is 3.57. The Morgan fingerprint density at radius 3 is 2.50 bits per heavy atom. The first-order valence-corrected chi connectivity index (χ1v) is 6.69. The van der Waals surface area contributed by atoms with Gasteiger partial charge in [0.05, 0.1) is 0 Å². The zero-order valence-electron chi connectivity index (χ0n) is 11.0. The van der Waals surface area contributed by atoms with Crippen LogP contribution in [0.25, 0.3) is 0 Å². The lowest BCUT2D eigenvalue weighted by atomic mass is 9.94. The van der Waals surface area contributed by atoms with Gasteiger partial charge in [0, 0.05) is 18.5 Å². The number of benzene rings is 1. The number of hydrogen-bond acceptors (Lipinski definition) is 2. The number of carbonyl (C=O) groups is 1. The van der Waals surface area contributed by atoms with Gasteiger partial charge in [0.2, 0.25) is 5.91 Å². The van der Waals surface area contributed by atoms with Crippen LogP contribution in [0, 0.1) is 6.92 Å². The van der Waals surface area contributed by atoms with Gasteiger partial charge in [-0.2, -0.15) is 0 Å². The van der Waals surface area contributed by atoms with Crippen molar-refractivity contribution >= 4 is 5.91 Å². The molecule has 1 aliphatic carbocycles. The molecule has 0 radical (unpaired) electrons. The van der Waals surface area contributed by atoms with Crippen LogP contribution >= 0.6 is 0 Å². The molecule has 0 bridgehead atoms. The van der Waals surface area contributed by atoms with E-state index in [1.807, 2.05) is 12.1 Å². The smallest absolute Gasteiger partial charge is 0.222 e. The molecular weight excluding hydrogens is 224 g/mol. The molecule has 0 heterocycles. The van der Waals surface area contributed by atoms with Gasteiger partial charge in [-0.1, -0.05) is 42.7 Å². The third-order valence-corrected chi connectivity index (χ3v) is 3.72. The standard InChI is InChI=1S/C15H22N2O/c1-12-4-6-13(7-5-12)11-17-14(18)10-15(16)8-2-3-9-15/h4-7H,2-3,8-11,16H2,1H3,(H,17,18). The molecule has 0 saturated heterocycles. The lowest BCUT2D eigenvalue weighted by molar-refractivity contribution is -0.122. The molecule has 1 amide bonds. The lowest BCUT2D eigenvalue weighted by Crippen LogP contribution is -2.41. The number of hydrogen-bond donors (Lipinski definition) is 2. The Labute approximate surface area is 109 Å². The fourth-order valence-electron chi connectivity index (χ4n) is 2.54. The van der Waals surface area contributed by atoms with Crippen molar-refractivity contribution in [2.75, 3.05) is 0 Å². The molecule has 0 aromatic heterocycles. The van der Waals surface area contributed by atoms with Crippen LogP contribution in [0.15, 0.2) is 24.3 Å². The molecule has 0 spiro atoms. The van der Waals surface area contributed by atoms with Crippen LogP contribution in [0.4, 0.5) is 0 Å². The molecule has 3 N–H and O–H groups in total. The third-order valence-electron chi connectivity index (χ3n) is 3.72. The fourth-order valence-corrected chi connectivity index (χ4v) is 2.54. The van der Waals surface area contributed by atoms with Gasteiger partial charge in [0.25, 0.3) is 0 Å². The van der Waals surface area contributed by atoms with Gasteiger partial charge in [0.15, 0.2) is 0 Å². The maximum Gasteiger partial charge on any atom is 0.222 e. The minimum atomic E-state index is -0.253. The van der Waals surface area contributed by atoms with Crippen molar-refractivity contribution in [1.82, 2.24) is 5.32 Å². The van der Waals surface area contributed by atoms with Crippen LogP contribution < -0.4 is 11.1 Å². The van der Waals surface area contributed by atoms with E-state index in [0.29, 0.717) is 13.0 Å². The average molecular weight is 246 g/mol. The number of carbonyl (C=O) groups excluding carboxylic acids is 1. The van der Waals surface area contributed by atoms with Crippen LogP contribution in [0.3, 0.4) is 0 Å². The minimum Gasteiger partial charge on any atom is -0.352 e. The molecule has 1 fully saturated rings. The summed E-state index contributed by atoms with van der Waals surface area (Å²) in [6.07, 6.45) is 4.72. The quantitative estimate of drug-likeness (QED) is 0.856. The number of nitrogens with two attached hydrogens (primary N) is 1. The maximum absolute atomic E-state index is 11.9. The van der Waals surface area contributed by atoms with E-state index in [-0.39, 0.29) is 11.4 Å². The Hall–Kier alpha value is -1.35. The van der Waals surface area contributed by atoms with Gasteiger partial charge in [-0.15, -0.1) is 0 Å². The van der Waals surface area contributed by atoms with E-state index < -0.39 is 0 Å². The minimum absolute atomic E-state index is 0.0694. The Kier molecular flexibility index (Phi) is 4.02. The molecular formula is C15H22N2O. The van der Waals surface area contributed by atoms with E-state index in [1.54, 1.807) is 0 Å². The predicted molar refractivity (Wildman–Crippen MR) is 73.0 cm³/mol. The van der Waals surface area contributed by atoms with Crippen LogP contribution in [-0.4, -0.2) is 11.4 Å². The van der Waals surface area contributed by atoms with Crippen molar-refractivity contribution in [2.45, 2.75) is 51.1 Å². The molecule has 0 unspecified atom stereocenters. The van der Waals surface area contributed by atoms with Gasteiger partial charge >= 0.3 is 0 Å². The van der Waals surface area contributed by atoms with Gasteiger partial charge in [-0.3, -0.25) is 4.79 Å². The van der Waals surface area contributed by atoms with Crippen LogP contribution in [-0.2, 0) is 11.3 Å². The second-order valence-corrected chi connectivity index (χ2v) is 5.51. The molecule has 0 aliphatic heterocycles. The van der Waals surface area contributed by atoms with Crippen molar-refractivity contribution in [3.8, 4) is 0 Å². The lowest BCUT2D eigenvalue weighted by Gasteiger charge is -2.22. The van der Waals surface area contributed by atoms with Crippen molar-refractivity contribution < 1.29 is 4.79 Å². The van der Waals surface area contributed by atoms with E-state index in [0.717, 1.165) is 31.2 Å². The largest absolute Gasteiger partial charge is 0.352 e. The predicted octanol–water partition coefficient (Wildman–Crippen LogP) is 2.27. The van der Waals surface area contributed by atoms with Crippen molar-refractivity contribution in [3.05, 3.63) is 35.4 Å². The fraction of sp³-hybridized carbons (Fsp3) is 0.533. The Bertz CT molecular complexity index is 405. The first kappa shape index (κ1) is 13.1. The van der Waals surface area contributed by atoms with E-state index in [1.165, 1.54) is 5.56 Å². The van der Waals surface area contributed by atoms with Crippen molar-refractivity contribution in [3.63, 3.8) is 0 Å². The maximum atomic E-state index is 11.9. The first-order valence-electron chi connectivity index (χ1n) is 6.69. The molecule has 3 nitrogen and oxygen atoms in total. The topological polar surface area (TPSA) is 55.1 Å². The summed E-state index contributed by atoms with van der Waals surface area (Å²) in [5.41, 5.74) is 8.30. The van der Waals surface area contributed by atoms with Gasteiger partial charge in [-0.25, -0.2) is 0 Å². The Balaban J connectivity index is 1.79. The highest BCUT2D eigenvalue weighted by Crippen LogP contribution is 2.29. The molecule has 1 saturated carbocycles. The van der Waals surface area contributed by atoms with Crippen molar-refractivity contribution in [1.29, 1.82) is 0 Å². The monoisotopic (exact) mass is 246 g/mol. The summed E-state index contributed by atoms with van der Waals surface area (Å²) in [6, 6.07) is 8.21. The van der Waals surface area contributed by atoms with E-state index in [2.05, 4.69) is 24.4 Å². The van der Waals surface area contributed by atoms with E-state index in [9.17, 15) is 4.79 Å². The van der Waals surface area contributed by atoms with Gasteiger partial charge in [-0.05, 0) is 25.3 Å². The molecule has 1 aliphatic rings. The molecule has 3 heteroatoms. The molecule has 2 rings (SSSR count). The molecule has 98 valence electrons. The van der Waals surface area contributed by atoms with Crippen LogP contribution in [0.5, 0.6) is 0 Å². The molecule has 1 aromatic carbocycles. The zero-order valence-corrected chi connectivity index (χ0v) is 11.0. The van der Waals surface area contributed by atoms with Crippen LogP contribution in [0.2, 0.25) is 0 Å². The second kappa shape index (κ2) is 5.53. The SMILES string of the molecule is Cc1ccc(CNC(=O)CC2(N)CCCC2)cc1. The van der Waals surface area contributed by atoms with E-state index in [4.69, 9.17) is 5.73 Å². The summed E-state index contributed by atoms with van der Waals surface area (Å²) in [7, 11) is 0. The normalized spacial score (nSPS) is 17.7. The summed E-state index contributed by atoms with van der Waals surface area (Å²) in [6.45, 7) is 2.65. The van der Waals surface area contributed by atoms with Crippen LogP contribution in [0.1, 0.15) is 43.2 Å². The second-order valence-electron chi connectivity index (χ2n) is 5.51. The summed E-state index contributed by atoms with van der Waals surface area (Å²) >= 11 is 0. The Morgan fingerprint density at radius 2 is 1.89 bits per heavy atom. The summed E-state index contributed by atoms with van der Waals surface area (Å²) in [5.74, 6) is 0.0694.